The van der Waals surface area contributed by atoms with Crippen molar-refractivity contribution in [2.24, 2.45) is 11.3 Å². The van der Waals surface area contributed by atoms with Crippen molar-refractivity contribution in [1.82, 2.24) is 20.5 Å². The van der Waals surface area contributed by atoms with Gasteiger partial charge in [0, 0.05) is 37.8 Å². The highest BCUT2D eigenvalue weighted by Gasteiger charge is 2.50. The third-order valence-electron chi connectivity index (χ3n) is 7.76. The van der Waals surface area contributed by atoms with Gasteiger partial charge in [-0.2, -0.15) is 13.2 Å². The summed E-state index contributed by atoms with van der Waals surface area (Å²) >= 11 is 0. The molecule has 12 heteroatoms. The molecule has 1 saturated carbocycles. The second-order valence-electron chi connectivity index (χ2n) is 12.1. The van der Waals surface area contributed by atoms with Crippen LogP contribution in [0.15, 0.2) is 6.07 Å². The maximum atomic E-state index is 14.0. The number of nitrogens with one attached hydrogen (secondary N) is 2. The van der Waals surface area contributed by atoms with Gasteiger partial charge < -0.3 is 25.4 Å². The van der Waals surface area contributed by atoms with Gasteiger partial charge in [0.15, 0.2) is 0 Å². The van der Waals surface area contributed by atoms with Crippen LogP contribution in [-0.4, -0.2) is 57.8 Å². The number of aryl methyl sites for hydroxylation is 1. The summed E-state index contributed by atoms with van der Waals surface area (Å²) in [4.78, 5) is 42.7. The lowest BCUT2D eigenvalue weighted by atomic mass is 9.74. The normalized spacial score (nSPS) is 21.2. The van der Waals surface area contributed by atoms with E-state index in [1.54, 1.807) is 25.7 Å². The second-order valence-corrected chi connectivity index (χ2v) is 12.1. The van der Waals surface area contributed by atoms with E-state index in [0.717, 1.165) is 6.07 Å². The van der Waals surface area contributed by atoms with Crippen LogP contribution in [0, 0.1) is 11.3 Å². The molecule has 0 bridgehead atoms. The van der Waals surface area contributed by atoms with Crippen molar-refractivity contribution in [2.45, 2.75) is 104 Å². The fourth-order valence-corrected chi connectivity index (χ4v) is 5.70. The van der Waals surface area contributed by atoms with E-state index in [1.165, 1.54) is 0 Å². The number of halogens is 3. The number of alkyl halides is 3. The molecule has 1 fully saturated rings. The van der Waals surface area contributed by atoms with E-state index >= 15 is 0 Å². The van der Waals surface area contributed by atoms with Gasteiger partial charge in [-0.05, 0) is 76.8 Å². The number of unbranched alkanes of at least 4 members (excludes halogenated alkanes) is 1. The lowest BCUT2D eigenvalue weighted by Gasteiger charge is -2.39. The van der Waals surface area contributed by atoms with Crippen LogP contribution in [0.1, 0.15) is 89.2 Å². The number of fused-ring (bicyclic) bond motifs is 1. The summed E-state index contributed by atoms with van der Waals surface area (Å²) in [7, 11) is 0. The number of carboxylic acid groups (broad SMARTS) is 1. The van der Waals surface area contributed by atoms with Gasteiger partial charge >= 0.3 is 18.4 Å². The monoisotopic (exact) mass is 570 g/mol. The molecule has 9 nitrogen and oxygen atoms in total. The van der Waals surface area contributed by atoms with Crippen molar-refractivity contribution in [1.29, 1.82) is 0 Å². The van der Waals surface area contributed by atoms with Crippen LogP contribution in [0.5, 0.6) is 0 Å². The van der Waals surface area contributed by atoms with Crippen molar-refractivity contribution in [3.63, 3.8) is 0 Å². The standard InChI is InChI=1S/C28H41F3N4O5/c1-17(2)27(11-9-19(15-27)33-24(37)38)23(36)35-13-10-21-18(16-35)14-20(28(29,30)31)22(34-21)8-6-7-12-32-25(39)40-26(3,4)5/h14,17,19,33H,6-13,15-16H2,1-5H3,(H,32,39)(H,37,38)/t19-,27+/m1/s1. The molecule has 0 unspecified atom stereocenters. The Morgan fingerprint density at radius 1 is 1.23 bits per heavy atom. The van der Waals surface area contributed by atoms with Gasteiger partial charge in [-0.15, -0.1) is 0 Å². The number of amides is 3. The fraction of sp³-hybridized carbons (Fsp3) is 0.714. The Morgan fingerprint density at radius 2 is 1.93 bits per heavy atom. The summed E-state index contributed by atoms with van der Waals surface area (Å²) < 4.78 is 47.2. The number of hydrogen-bond acceptors (Lipinski definition) is 5. The van der Waals surface area contributed by atoms with Gasteiger partial charge in [-0.25, -0.2) is 9.59 Å². The van der Waals surface area contributed by atoms with Crippen LogP contribution in [0.4, 0.5) is 22.8 Å². The van der Waals surface area contributed by atoms with E-state index in [1.807, 2.05) is 13.8 Å². The Kier molecular flexibility index (Phi) is 9.62. The van der Waals surface area contributed by atoms with Crippen molar-refractivity contribution in [2.75, 3.05) is 13.1 Å². The summed E-state index contributed by atoms with van der Waals surface area (Å²) in [5.74, 6) is -0.198. The lowest BCUT2D eigenvalue weighted by molar-refractivity contribution is -0.145. The number of rotatable bonds is 8. The SMILES string of the molecule is CC(C)[C@]1(C(=O)N2CCc3nc(CCCCNC(=O)OC(C)(C)C)c(C(F)(F)F)cc3C2)CC[C@@H](NC(=O)O)C1. The zero-order valence-corrected chi connectivity index (χ0v) is 23.9. The first-order valence-electron chi connectivity index (χ1n) is 13.9. The Bertz CT molecular complexity index is 1100. The maximum Gasteiger partial charge on any atom is 0.418 e. The number of aromatic nitrogens is 1. The van der Waals surface area contributed by atoms with Crippen molar-refractivity contribution < 1.29 is 37.4 Å². The smallest absolute Gasteiger partial charge is 0.418 e. The van der Waals surface area contributed by atoms with Crippen LogP contribution in [0.2, 0.25) is 0 Å². The minimum Gasteiger partial charge on any atom is -0.465 e. The van der Waals surface area contributed by atoms with Gasteiger partial charge in [-0.1, -0.05) is 13.8 Å². The largest absolute Gasteiger partial charge is 0.465 e. The van der Waals surface area contributed by atoms with Gasteiger partial charge in [0.2, 0.25) is 5.91 Å². The first kappa shape index (κ1) is 31.5. The van der Waals surface area contributed by atoms with E-state index in [-0.39, 0.29) is 43.1 Å². The quantitative estimate of drug-likeness (QED) is 0.365. The van der Waals surface area contributed by atoms with E-state index in [0.29, 0.717) is 56.3 Å². The number of ether oxygens (including phenoxy) is 1. The average molecular weight is 571 g/mol. The third kappa shape index (κ3) is 7.78. The zero-order valence-electron chi connectivity index (χ0n) is 23.9. The van der Waals surface area contributed by atoms with Gasteiger partial charge in [0.05, 0.1) is 16.7 Å². The molecule has 1 aromatic rings. The predicted octanol–water partition coefficient (Wildman–Crippen LogP) is 5.30. The van der Waals surface area contributed by atoms with Crippen molar-refractivity contribution >= 4 is 18.1 Å². The van der Waals surface area contributed by atoms with Crippen LogP contribution in [0.25, 0.3) is 0 Å². The van der Waals surface area contributed by atoms with Crippen molar-refractivity contribution in [3.8, 4) is 0 Å². The highest BCUT2D eigenvalue weighted by Crippen LogP contribution is 2.46. The average Bonchev–Trinajstić information content (AvgIpc) is 3.25. The molecule has 2 heterocycles. The number of hydrogen-bond donors (Lipinski definition) is 3. The number of alkyl carbamates (subject to hydrolysis) is 1. The Morgan fingerprint density at radius 3 is 2.52 bits per heavy atom. The van der Waals surface area contributed by atoms with E-state index < -0.39 is 34.9 Å². The molecule has 3 rings (SSSR count). The summed E-state index contributed by atoms with van der Waals surface area (Å²) in [5, 5.41) is 14.2. The molecule has 0 saturated heterocycles. The predicted molar refractivity (Wildman–Crippen MR) is 142 cm³/mol. The summed E-state index contributed by atoms with van der Waals surface area (Å²) in [5.41, 5.74) is -1.27. The zero-order chi connectivity index (χ0) is 29.9. The molecule has 0 spiro atoms. The highest BCUT2D eigenvalue weighted by atomic mass is 19.4. The Balaban J connectivity index is 1.69. The van der Waals surface area contributed by atoms with Crippen LogP contribution in [-0.2, 0) is 35.1 Å². The number of carbonyl (C=O) groups excluding carboxylic acids is 2. The summed E-state index contributed by atoms with van der Waals surface area (Å²) in [6.45, 7) is 9.75. The summed E-state index contributed by atoms with van der Waals surface area (Å²) in [6, 6.07) is 0.794. The molecule has 0 radical (unpaired) electrons. The van der Waals surface area contributed by atoms with Crippen LogP contribution < -0.4 is 10.6 Å². The lowest BCUT2D eigenvalue weighted by Crippen LogP contribution is -2.48. The van der Waals surface area contributed by atoms with Gasteiger partial charge in [-0.3, -0.25) is 9.78 Å². The summed E-state index contributed by atoms with van der Waals surface area (Å²) in [6.07, 6.45) is -3.56. The van der Waals surface area contributed by atoms with Gasteiger partial charge in [0.1, 0.15) is 5.60 Å². The molecule has 0 aromatic carbocycles. The Hall–Kier alpha value is -3.05. The molecule has 2 atom stereocenters. The van der Waals surface area contributed by atoms with Crippen LogP contribution >= 0.6 is 0 Å². The third-order valence-corrected chi connectivity index (χ3v) is 7.76. The molecule has 1 aromatic heterocycles. The maximum absolute atomic E-state index is 14.0. The van der Waals surface area contributed by atoms with E-state index in [9.17, 15) is 27.6 Å². The van der Waals surface area contributed by atoms with Crippen molar-refractivity contribution in [3.05, 3.63) is 28.6 Å². The van der Waals surface area contributed by atoms with Gasteiger partial charge in [0.25, 0.3) is 0 Å². The molecule has 3 N–H and O–H groups in total. The van der Waals surface area contributed by atoms with E-state index in [2.05, 4.69) is 15.6 Å². The molecule has 1 aliphatic heterocycles. The second kappa shape index (κ2) is 12.2. The molecule has 2 aliphatic rings. The number of carbonyl (C=O) groups is 3. The minimum atomic E-state index is -4.60. The van der Waals surface area contributed by atoms with E-state index in [4.69, 9.17) is 9.84 Å². The highest BCUT2D eigenvalue weighted by molar-refractivity contribution is 5.84. The number of pyridine rings is 1. The molecule has 224 valence electrons. The Labute approximate surface area is 233 Å². The molecule has 3 amide bonds. The molecular formula is C28H41F3N4O5. The fourth-order valence-electron chi connectivity index (χ4n) is 5.70. The first-order valence-corrected chi connectivity index (χ1v) is 13.9. The number of nitrogens with zero attached hydrogens (tertiary/aromatic N) is 2. The topological polar surface area (TPSA) is 121 Å². The first-order chi connectivity index (χ1) is 18.5. The molecule has 40 heavy (non-hydrogen) atoms. The minimum absolute atomic E-state index is 0.0275. The molecule has 1 aliphatic carbocycles. The molecular weight excluding hydrogens is 529 g/mol. The van der Waals surface area contributed by atoms with Crippen LogP contribution in [0.3, 0.4) is 0 Å².